The molecule has 4 amide bonds. The first-order chi connectivity index (χ1) is 31.3. The molecule has 1 aliphatic carbocycles. The second-order valence-corrected chi connectivity index (χ2v) is 20.6. The van der Waals surface area contributed by atoms with E-state index >= 15 is 0 Å². The Labute approximate surface area is 396 Å². The van der Waals surface area contributed by atoms with Crippen LogP contribution in [-0.4, -0.2) is 95.3 Å². The molecule has 6 rings (SSSR count). The molecule has 0 radical (unpaired) electrons. The summed E-state index contributed by atoms with van der Waals surface area (Å²) in [5.74, 6) is -0.229. The van der Waals surface area contributed by atoms with Crippen LogP contribution in [0.15, 0.2) is 78.4 Å². The van der Waals surface area contributed by atoms with Crippen molar-refractivity contribution in [2.24, 2.45) is 16.2 Å². The number of hydrogen-bond donors (Lipinski definition) is 4. The minimum absolute atomic E-state index is 0.0124. The maximum absolute atomic E-state index is 13.9. The Hall–Kier alpha value is -5.53. The van der Waals surface area contributed by atoms with E-state index in [0.29, 0.717) is 47.3 Å². The van der Waals surface area contributed by atoms with Crippen molar-refractivity contribution in [3.05, 3.63) is 100 Å². The van der Waals surface area contributed by atoms with Crippen molar-refractivity contribution in [3.63, 3.8) is 0 Å². The Morgan fingerprint density at radius 3 is 2.29 bits per heavy atom. The summed E-state index contributed by atoms with van der Waals surface area (Å²) in [6.07, 6.45) is 3.05. The number of amides is 4. The number of likely N-dealkylation sites (tertiary alicyclic amines) is 1. The zero-order chi connectivity index (χ0) is 47.8. The van der Waals surface area contributed by atoms with Crippen LogP contribution >= 0.6 is 22.9 Å². The van der Waals surface area contributed by atoms with Crippen LogP contribution in [0.3, 0.4) is 0 Å². The van der Waals surface area contributed by atoms with Crippen LogP contribution < -0.4 is 25.4 Å². The summed E-state index contributed by atoms with van der Waals surface area (Å²) in [5.41, 5.74) is 3.13. The monoisotopic (exact) mass is 940 g/mol. The smallest absolute Gasteiger partial charge is 0.251 e. The highest BCUT2D eigenvalue weighted by Gasteiger charge is 2.64. The average molecular weight is 942 g/mol. The number of ether oxygens (including phenoxy) is 3. The lowest BCUT2D eigenvalue weighted by Gasteiger charge is -2.63. The van der Waals surface area contributed by atoms with E-state index in [1.165, 1.54) is 4.90 Å². The Balaban J connectivity index is 0.875. The fourth-order valence-corrected chi connectivity index (χ4v) is 9.97. The lowest BCUT2D eigenvalue weighted by molar-refractivity contribution is -0.164. The fraction of sp³-hybridized carbons (Fsp3) is 0.480. The van der Waals surface area contributed by atoms with Gasteiger partial charge in [-0.2, -0.15) is 5.26 Å². The molecule has 3 aromatic carbocycles. The second-order valence-electron chi connectivity index (χ2n) is 19.3. The number of nitriles is 1. The van der Waals surface area contributed by atoms with E-state index in [1.54, 1.807) is 65.5 Å². The largest absolute Gasteiger partial charge is 0.494 e. The van der Waals surface area contributed by atoms with Crippen LogP contribution in [0.4, 0.5) is 0 Å². The molecule has 2 heterocycles. The zero-order valence-corrected chi connectivity index (χ0v) is 40.3. The van der Waals surface area contributed by atoms with E-state index in [-0.39, 0.29) is 60.9 Å². The molecule has 4 N–H and O–H groups in total. The van der Waals surface area contributed by atoms with E-state index in [4.69, 9.17) is 25.8 Å². The maximum Gasteiger partial charge on any atom is 0.251 e. The predicted octanol–water partition coefficient (Wildman–Crippen LogP) is 7.32. The van der Waals surface area contributed by atoms with Crippen LogP contribution in [0.25, 0.3) is 10.4 Å². The number of carbonyl (C=O) groups excluding carboxylic acids is 4. The first kappa shape index (κ1) is 49.9. The number of carbonyl (C=O) groups is 4. The van der Waals surface area contributed by atoms with Gasteiger partial charge in [0.05, 0.1) is 33.7 Å². The summed E-state index contributed by atoms with van der Waals surface area (Å²) in [6.45, 7) is 14.6. The minimum Gasteiger partial charge on any atom is -0.494 e. The summed E-state index contributed by atoms with van der Waals surface area (Å²) >= 11 is 7.78. The average Bonchev–Trinajstić information content (AvgIpc) is 3.97. The van der Waals surface area contributed by atoms with Gasteiger partial charge in [0.1, 0.15) is 42.4 Å². The van der Waals surface area contributed by atoms with Crippen molar-refractivity contribution in [1.82, 2.24) is 25.8 Å². The molecule has 3 unspecified atom stereocenters. The SMILES string of the molecule is CC(C)(C)C(NC(=O)COCCCCCOc1ccc(C(=O)NC2C(C)(C)C(Oc3ccc(C#N)c(Cl)c3)C2(C)C)cc1)C(=O)N1CC(O)CC1C(=O)NCc1ccc(-c2cncs2)cc1. The highest BCUT2D eigenvalue weighted by atomic mass is 35.5. The molecule has 4 aromatic rings. The Bertz CT molecular complexity index is 2350. The third-order valence-corrected chi connectivity index (χ3v) is 13.5. The predicted molar refractivity (Wildman–Crippen MR) is 253 cm³/mol. The fourth-order valence-electron chi connectivity index (χ4n) is 9.13. The number of aliphatic hydroxyl groups is 1. The lowest BCUT2D eigenvalue weighted by atomic mass is 9.49. The van der Waals surface area contributed by atoms with Gasteiger partial charge in [-0.15, -0.1) is 11.3 Å². The molecule has 1 aliphatic heterocycles. The highest BCUT2D eigenvalue weighted by molar-refractivity contribution is 7.13. The van der Waals surface area contributed by atoms with Gasteiger partial charge in [-0.3, -0.25) is 24.2 Å². The summed E-state index contributed by atoms with van der Waals surface area (Å²) in [4.78, 5) is 60.2. The van der Waals surface area contributed by atoms with Crippen molar-refractivity contribution in [3.8, 4) is 28.0 Å². The number of benzene rings is 3. The number of β-amino-alcohol motifs (C(OH)–C–C–N with tert-alkyl or cyclic N) is 1. The summed E-state index contributed by atoms with van der Waals surface area (Å²) in [5, 5.41) is 29.0. The molecular weight excluding hydrogens is 880 g/mol. The van der Waals surface area contributed by atoms with E-state index in [2.05, 4.69) is 54.7 Å². The molecule has 16 heteroatoms. The standard InChI is InChI=1S/C50H61ClN6O8S/c1-48(2,3)42(45(62)57-28-35(58)23-39(57)44(61)54-26-31-11-13-32(14-12-31)40-27-53-30-66-40)55-41(59)29-63-21-9-8-10-22-64-36-18-15-33(16-19-36)43(60)56-46-49(4,5)47(50(46,6)7)65-37-20-17-34(25-52)38(51)24-37/h11-20,24,27,30,35,39,42,46-47,58H,8-10,21-23,26,28-29H2,1-7H3,(H,54,61)(H,55,59)(H,56,60). The van der Waals surface area contributed by atoms with Gasteiger partial charge in [-0.1, -0.05) is 84.3 Å². The summed E-state index contributed by atoms with van der Waals surface area (Å²) in [7, 11) is 0. The number of halogens is 1. The molecule has 1 aromatic heterocycles. The van der Waals surface area contributed by atoms with Crippen molar-refractivity contribution in [2.45, 2.75) is 111 Å². The molecule has 1 saturated carbocycles. The third-order valence-electron chi connectivity index (χ3n) is 12.4. The Kier molecular flexibility index (Phi) is 16.2. The zero-order valence-electron chi connectivity index (χ0n) is 38.7. The number of nitrogens with zero attached hydrogens (tertiary/aromatic N) is 3. The third kappa shape index (κ3) is 12.1. The van der Waals surface area contributed by atoms with Crippen molar-refractivity contribution in [2.75, 3.05) is 26.4 Å². The summed E-state index contributed by atoms with van der Waals surface area (Å²) < 4.78 is 17.9. The Morgan fingerprint density at radius 2 is 1.65 bits per heavy atom. The molecule has 1 saturated heterocycles. The molecule has 2 aliphatic rings. The van der Waals surface area contributed by atoms with Gasteiger partial charge in [-0.25, -0.2) is 0 Å². The van der Waals surface area contributed by atoms with Gasteiger partial charge >= 0.3 is 0 Å². The normalized spacial score (nSPS) is 20.0. The quantitative estimate of drug-likeness (QED) is 0.0693. The Morgan fingerprint density at radius 1 is 0.970 bits per heavy atom. The van der Waals surface area contributed by atoms with Crippen molar-refractivity contribution in [1.29, 1.82) is 5.26 Å². The van der Waals surface area contributed by atoms with Gasteiger partial charge in [0.15, 0.2) is 0 Å². The molecule has 3 atom stereocenters. The van der Waals surface area contributed by atoms with Crippen LogP contribution in [0, 0.1) is 27.6 Å². The molecule has 0 spiro atoms. The molecule has 0 bridgehead atoms. The highest BCUT2D eigenvalue weighted by Crippen LogP contribution is 2.55. The van der Waals surface area contributed by atoms with Crippen LogP contribution in [0.2, 0.25) is 5.02 Å². The molecule has 2 fully saturated rings. The first-order valence-electron chi connectivity index (χ1n) is 22.3. The van der Waals surface area contributed by atoms with Gasteiger partial charge in [0.25, 0.3) is 5.91 Å². The summed E-state index contributed by atoms with van der Waals surface area (Å²) in [6, 6.07) is 19.9. The van der Waals surface area contributed by atoms with Gasteiger partial charge in [0, 0.05) is 60.8 Å². The van der Waals surface area contributed by atoms with E-state index < -0.39 is 35.4 Å². The number of thiazole rings is 1. The van der Waals surface area contributed by atoms with Crippen molar-refractivity contribution >= 4 is 46.6 Å². The number of unbranched alkanes of at least 4 members (excludes halogenated alkanes) is 2. The molecular formula is C50H61ClN6O8S. The van der Waals surface area contributed by atoms with E-state index in [9.17, 15) is 29.5 Å². The number of aliphatic hydroxyl groups excluding tert-OH is 1. The van der Waals surface area contributed by atoms with Crippen LogP contribution in [0.5, 0.6) is 11.5 Å². The lowest BCUT2D eigenvalue weighted by Crippen LogP contribution is -2.74. The van der Waals surface area contributed by atoms with Gasteiger partial charge in [-0.05, 0) is 72.2 Å². The van der Waals surface area contributed by atoms with Crippen LogP contribution in [0.1, 0.15) is 95.6 Å². The molecule has 14 nitrogen and oxygen atoms in total. The molecule has 66 heavy (non-hydrogen) atoms. The number of aromatic nitrogens is 1. The van der Waals surface area contributed by atoms with Gasteiger partial charge < -0.3 is 40.2 Å². The number of rotatable bonds is 19. The first-order valence-corrected chi connectivity index (χ1v) is 23.6. The van der Waals surface area contributed by atoms with Gasteiger partial charge in [0.2, 0.25) is 17.7 Å². The second kappa shape index (κ2) is 21.4. The number of hydrogen-bond acceptors (Lipinski definition) is 11. The number of nitrogens with one attached hydrogen (secondary N) is 3. The van der Waals surface area contributed by atoms with E-state index in [0.717, 1.165) is 28.8 Å². The van der Waals surface area contributed by atoms with E-state index in [1.807, 2.05) is 45.0 Å². The topological polar surface area (TPSA) is 192 Å². The molecule has 352 valence electrons. The minimum atomic E-state index is -0.952. The van der Waals surface area contributed by atoms with Crippen LogP contribution in [-0.2, 0) is 25.7 Å². The van der Waals surface area contributed by atoms with Crippen molar-refractivity contribution < 1.29 is 38.5 Å². The maximum atomic E-state index is 13.9.